The highest BCUT2D eigenvalue weighted by Gasteiger charge is 2.28. The van der Waals surface area contributed by atoms with Crippen LogP contribution in [-0.2, 0) is 4.79 Å². The van der Waals surface area contributed by atoms with Crippen LogP contribution in [0.4, 0.5) is 0 Å². The number of halogens is 2. The highest BCUT2D eigenvalue weighted by atomic mass is 35.5. The van der Waals surface area contributed by atoms with E-state index in [2.05, 4.69) is 16.0 Å². The molecule has 0 saturated heterocycles. The van der Waals surface area contributed by atoms with E-state index in [-0.39, 0.29) is 12.3 Å². The van der Waals surface area contributed by atoms with Gasteiger partial charge in [0.15, 0.2) is 5.84 Å². The second-order valence-electron chi connectivity index (χ2n) is 4.13. The molecule has 4 nitrogen and oxygen atoms in total. The minimum absolute atomic E-state index is 0.143. The number of allylic oxidation sites excluding steroid dienone is 1. The molecule has 0 saturated carbocycles. The maximum absolute atomic E-state index is 12.1. The predicted octanol–water partition coefficient (Wildman–Crippen LogP) is 3.15. The third-order valence-electron chi connectivity index (χ3n) is 2.79. The van der Waals surface area contributed by atoms with Crippen molar-refractivity contribution in [2.24, 2.45) is 10.1 Å². The molecule has 1 aliphatic rings. The number of hydrogen-bond acceptors (Lipinski definition) is 3. The van der Waals surface area contributed by atoms with Crippen LogP contribution in [0, 0.1) is 12.3 Å². The minimum Gasteiger partial charge on any atom is -0.272 e. The SMILES string of the molecule is C#C/C=C\C(=N/C)N1N=C(c2ccc(Cl)cc2Cl)CC1=O. The topological polar surface area (TPSA) is 45.0 Å². The first-order valence-electron chi connectivity index (χ1n) is 6.02. The van der Waals surface area contributed by atoms with Crippen LogP contribution in [-0.4, -0.2) is 29.5 Å². The molecule has 0 N–H and O–H groups in total. The van der Waals surface area contributed by atoms with Gasteiger partial charge >= 0.3 is 0 Å². The summed E-state index contributed by atoms with van der Waals surface area (Å²) in [5.41, 5.74) is 1.24. The quantitative estimate of drug-likeness (QED) is 0.469. The Balaban J connectivity index is 2.36. The third kappa shape index (κ3) is 3.33. The van der Waals surface area contributed by atoms with Crippen molar-refractivity contribution in [2.45, 2.75) is 6.42 Å². The van der Waals surface area contributed by atoms with Crippen LogP contribution in [0.1, 0.15) is 12.0 Å². The summed E-state index contributed by atoms with van der Waals surface area (Å²) in [7, 11) is 1.56. The van der Waals surface area contributed by atoms with E-state index in [0.717, 1.165) is 0 Å². The fourth-order valence-corrected chi connectivity index (χ4v) is 2.36. The molecule has 0 aliphatic carbocycles. The summed E-state index contributed by atoms with van der Waals surface area (Å²) in [5, 5.41) is 6.47. The molecule has 2 rings (SSSR count). The van der Waals surface area contributed by atoms with Crippen molar-refractivity contribution in [1.29, 1.82) is 0 Å². The second-order valence-corrected chi connectivity index (χ2v) is 4.98. The lowest BCUT2D eigenvalue weighted by Gasteiger charge is -2.10. The van der Waals surface area contributed by atoms with E-state index in [1.165, 1.54) is 11.1 Å². The Hall–Kier alpha value is -2.09. The molecule has 0 radical (unpaired) electrons. The van der Waals surface area contributed by atoms with Gasteiger partial charge in [-0.05, 0) is 24.3 Å². The number of carbonyl (C=O) groups is 1. The van der Waals surface area contributed by atoms with E-state index < -0.39 is 0 Å². The zero-order chi connectivity index (χ0) is 15.4. The first kappa shape index (κ1) is 15.3. The summed E-state index contributed by atoms with van der Waals surface area (Å²) >= 11 is 12.0. The fraction of sp³-hybridized carbons (Fsp3) is 0.133. The average molecular weight is 320 g/mol. The van der Waals surface area contributed by atoms with Crippen LogP contribution < -0.4 is 0 Å². The molecule has 1 heterocycles. The molecule has 1 aromatic carbocycles. The Kier molecular flexibility index (Phi) is 4.79. The minimum atomic E-state index is -0.196. The van der Waals surface area contributed by atoms with Crippen molar-refractivity contribution in [1.82, 2.24) is 5.01 Å². The summed E-state index contributed by atoms with van der Waals surface area (Å²) < 4.78 is 0. The molecule has 1 aliphatic heterocycles. The number of nitrogens with zero attached hydrogens (tertiary/aromatic N) is 3. The Morgan fingerprint density at radius 3 is 2.90 bits per heavy atom. The van der Waals surface area contributed by atoms with Crippen LogP contribution in [0.3, 0.4) is 0 Å². The van der Waals surface area contributed by atoms with Gasteiger partial charge in [0.2, 0.25) is 0 Å². The van der Waals surface area contributed by atoms with Gasteiger partial charge in [0.1, 0.15) is 0 Å². The molecule has 0 bridgehead atoms. The van der Waals surface area contributed by atoms with Crippen LogP contribution in [0.2, 0.25) is 10.0 Å². The summed E-state index contributed by atoms with van der Waals surface area (Å²) in [5.74, 6) is 2.52. The Morgan fingerprint density at radius 1 is 1.52 bits per heavy atom. The first-order valence-corrected chi connectivity index (χ1v) is 6.77. The van der Waals surface area contributed by atoms with Gasteiger partial charge in [0, 0.05) is 17.6 Å². The van der Waals surface area contributed by atoms with Gasteiger partial charge in [0.05, 0.1) is 17.2 Å². The van der Waals surface area contributed by atoms with Crippen molar-refractivity contribution < 1.29 is 4.79 Å². The smallest absolute Gasteiger partial charge is 0.254 e. The van der Waals surface area contributed by atoms with Gasteiger partial charge < -0.3 is 0 Å². The second kappa shape index (κ2) is 6.57. The Labute approximate surface area is 132 Å². The zero-order valence-corrected chi connectivity index (χ0v) is 12.7. The number of hydrogen-bond donors (Lipinski definition) is 0. The molecule has 106 valence electrons. The van der Waals surface area contributed by atoms with Gasteiger partial charge in [-0.3, -0.25) is 9.79 Å². The molecule has 0 atom stereocenters. The summed E-state index contributed by atoms with van der Waals surface area (Å²) in [6.45, 7) is 0. The number of aliphatic imine (C=N–C) groups is 1. The van der Waals surface area contributed by atoms with Gasteiger partial charge in [-0.2, -0.15) is 10.1 Å². The number of amidine groups is 1. The zero-order valence-electron chi connectivity index (χ0n) is 11.2. The maximum Gasteiger partial charge on any atom is 0.254 e. The van der Waals surface area contributed by atoms with Crippen LogP contribution in [0.15, 0.2) is 40.4 Å². The van der Waals surface area contributed by atoms with E-state index in [4.69, 9.17) is 29.6 Å². The number of hydrazone groups is 1. The summed E-state index contributed by atoms with van der Waals surface area (Å²) in [6.07, 6.45) is 8.31. The van der Waals surface area contributed by atoms with E-state index in [0.29, 0.717) is 27.2 Å². The van der Waals surface area contributed by atoms with E-state index >= 15 is 0 Å². The standard InChI is InChI=1S/C15H11Cl2N3O/c1-3-4-5-14(18-2)20-15(21)9-13(19-20)11-7-6-10(16)8-12(11)17/h1,4-8H,9H2,2H3/b5-4-,18-14+. The lowest BCUT2D eigenvalue weighted by atomic mass is 10.1. The van der Waals surface area contributed by atoms with Crippen molar-refractivity contribution in [3.63, 3.8) is 0 Å². The highest BCUT2D eigenvalue weighted by molar-refractivity contribution is 6.37. The summed E-state index contributed by atoms with van der Waals surface area (Å²) in [4.78, 5) is 16.1. The summed E-state index contributed by atoms with van der Waals surface area (Å²) in [6, 6.07) is 5.05. The molecule has 1 aromatic rings. The van der Waals surface area contributed by atoms with Crippen molar-refractivity contribution in [2.75, 3.05) is 7.05 Å². The normalized spacial score (nSPS) is 15.5. The first-order chi connectivity index (χ1) is 10.1. The largest absolute Gasteiger partial charge is 0.272 e. The maximum atomic E-state index is 12.1. The van der Waals surface area contributed by atoms with E-state index in [1.807, 2.05) is 0 Å². The van der Waals surface area contributed by atoms with Gasteiger partial charge in [-0.1, -0.05) is 35.2 Å². The molecule has 21 heavy (non-hydrogen) atoms. The van der Waals surface area contributed by atoms with E-state index in [9.17, 15) is 4.79 Å². The molecule has 1 amide bonds. The fourth-order valence-electron chi connectivity index (χ4n) is 1.84. The van der Waals surface area contributed by atoms with Crippen LogP contribution >= 0.6 is 23.2 Å². The molecule has 0 aromatic heterocycles. The third-order valence-corrected chi connectivity index (χ3v) is 3.34. The van der Waals surface area contributed by atoms with Gasteiger partial charge in [0.25, 0.3) is 5.91 Å². The number of terminal acetylenes is 1. The number of amides is 1. The number of rotatable bonds is 2. The van der Waals surface area contributed by atoms with Gasteiger partial charge in [-0.25, -0.2) is 0 Å². The van der Waals surface area contributed by atoms with Crippen molar-refractivity contribution in [3.8, 4) is 12.3 Å². The molecule has 0 unspecified atom stereocenters. The van der Waals surface area contributed by atoms with Crippen LogP contribution in [0.5, 0.6) is 0 Å². The number of benzene rings is 1. The van der Waals surface area contributed by atoms with Crippen LogP contribution in [0.25, 0.3) is 0 Å². The Morgan fingerprint density at radius 2 is 2.29 bits per heavy atom. The van der Waals surface area contributed by atoms with Crippen molar-refractivity contribution in [3.05, 3.63) is 46.0 Å². The average Bonchev–Trinajstić information content (AvgIpc) is 2.82. The van der Waals surface area contributed by atoms with E-state index in [1.54, 1.807) is 31.3 Å². The monoisotopic (exact) mass is 319 g/mol. The Bertz CT molecular complexity index is 714. The molecular weight excluding hydrogens is 309 g/mol. The molecular formula is C15H11Cl2N3O. The molecule has 0 spiro atoms. The molecule has 6 heteroatoms. The number of carbonyl (C=O) groups excluding carboxylic acids is 1. The van der Waals surface area contributed by atoms with Crippen molar-refractivity contribution >= 4 is 40.7 Å². The highest BCUT2D eigenvalue weighted by Crippen LogP contribution is 2.25. The predicted molar refractivity (Wildman–Crippen MR) is 85.8 cm³/mol. The molecule has 0 fully saturated rings. The lowest BCUT2D eigenvalue weighted by molar-refractivity contribution is -0.125. The lowest BCUT2D eigenvalue weighted by Crippen LogP contribution is -2.26. The van der Waals surface area contributed by atoms with Gasteiger partial charge in [-0.15, -0.1) is 6.42 Å².